The van der Waals surface area contributed by atoms with Gasteiger partial charge in [0.25, 0.3) is 0 Å². The monoisotopic (exact) mass is 324 g/mol. The third-order valence-electron chi connectivity index (χ3n) is 4.38. The van der Waals surface area contributed by atoms with Crippen molar-refractivity contribution < 1.29 is 0 Å². The van der Waals surface area contributed by atoms with Crippen LogP contribution in [0.2, 0.25) is 0 Å². The van der Waals surface area contributed by atoms with Crippen molar-refractivity contribution in [3.8, 4) is 11.4 Å². The van der Waals surface area contributed by atoms with Gasteiger partial charge < -0.3 is 5.32 Å². The topological polar surface area (TPSA) is 86.3 Å². The first kappa shape index (κ1) is 14.8. The van der Waals surface area contributed by atoms with Gasteiger partial charge in [0.15, 0.2) is 5.82 Å². The minimum atomic E-state index is 0.0486. The molecule has 0 spiro atoms. The molecule has 1 saturated carbocycles. The van der Waals surface area contributed by atoms with Crippen LogP contribution in [0, 0.1) is 6.92 Å². The van der Waals surface area contributed by atoms with Crippen LogP contribution in [0.1, 0.15) is 43.2 Å². The lowest BCUT2D eigenvalue weighted by Crippen LogP contribution is -2.12. The second kappa shape index (κ2) is 5.70. The maximum Gasteiger partial charge on any atom is 0.182 e. The summed E-state index contributed by atoms with van der Waals surface area (Å²) in [6.07, 6.45) is 3.87. The highest BCUT2D eigenvalue weighted by Crippen LogP contribution is 2.37. The molecule has 1 N–H and O–H groups in total. The maximum atomic E-state index is 4.30. The van der Waals surface area contributed by atoms with Crippen molar-refractivity contribution >= 4 is 5.69 Å². The van der Waals surface area contributed by atoms with E-state index in [2.05, 4.69) is 63.0 Å². The Labute approximate surface area is 139 Å². The maximum absolute atomic E-state index is 4.30. The normalized spacial score (nSPS) is 15.5. The van der Waals surface area contributed by atoms with E-state index in [0.29, 0.717) is 6.04 Å². The zero-order valence-corrected chi connectivity index (χ0v) is 14.0. The number of benzene rings is 1. The lowest BCUT2D eigenvalue weighted by molar-refractivity contribution is 0.615. The number of hydrogen-bond donors (Lipinski definition) is 1. The summed E-state index contributed by atoms with van der Waals surface area (Å²) < 4.78 is 3.72. The minimum Gasteiger partial charge on any atom is -0.375 e. The fraction of sp³-hybridized carbons (Fsp3) is 0.438. The summed E-state index contributed by atoms with van der Waals surface area (Å²) in [4.78, 5) is 4.30. The summed E-state index contributed by atoms with van der Waals surface area (Å²) in [6, 6.07) is 6.76. The molecule has 124 valence electrons. The predicted molar refractivity (Wildman–Crippen MR) is 89.3 cm³/mol. The second-order valence-electron chi connectivity index (χ2n) is 6.32. The molecule has 8 nitrogen and oxygen atoms in total. The van der Waals surface area contributed by atoms with Gasteiger partial charge in [-0.25, -0.2) is 9.67 Å². The SMILES string of the molecule is Cc1ccc(NC(C)c2ncnn2C)cc1-c1nnnn1C1CC1. The zero-order chi connectivity index (χ0) is 16.7. The minimum absolute atomic E-state index is 0.0486. The second-order valence-corrected chi connectivity index (χ2v) is 6.32. The van der Waals surface area contributed by atoms with Gasteiger partial charge in [-0.15, -0.1) is 5.10 Å². The van der Waals surface area contributed by atoms with Crippen LogP contribution in [0.3, 0.4) is 0 Å². The summed E-state index contributed by atoms with van der Waals surface area (Å²) in [7, 11) is 1.89. The molecule has 1 atom stereocenters. The Hall–Kier alpha value is -2.77. The van der Waals surface area contributed by atoms with Gasteiger partial charge in [-0.05, 0) is 54.8 Å². The summed E-state index contributed by atoms with van der Waals surface area (Å²) in [5.74, 6) is 1.73. The van der Waals surface area contributed by atoms with Gasteiger partial charge in [0.2, 0.25) is 0 Å². The molecule has 8 heteroatoms. The van der Waals surface area contributed by atoms with E-state index in [4.69, 9.17) is 0 Å². The standard InChI is InChI=1S/C16H20N8/c1-10-4-5-12(19-11(2)15-17-9-18-23(15)3)8-14(10)16-20-21-22-24(16)13-6-7-13/h4-5,8-9,11,13,19H,6-7H2,1-3H3. The summed E-state index contributed by atoms with van der Waals surface area (Å²) >= 11 is 0. The van der Waals surface area contributed by atoms with Gasteiger partial charge in [0.1, 0.15) is 12.2 Å². The molecule has 24 heavy (non-hydrogen) atoms. The number of nitrogens with one attached hydrogen (secondary N) is 1. The van der Waals surface area contributed by atoms with Gasteiger partial charge in [-0.1, -0.05) is 6.07 Å². The van der Waals surface area contributed by atoms with E-state index >= 15 is 0 Å². The Bertz CT molecular complexity index is 861. The highest BCUT2D eigenvalue weighted by atomic mass is 15.6. The number of tetrazole rings is 1. The van der Waals surface area contributed by atoms with E-state index < -0.39 is 0 Å². The number of aromatic nitrogens is 7. The molecule has 2 heterocycles. The van der Waals surface area contributed by atoms with Gasteiger partial charge in [0, 0.05) is 18.3 Å². The quantitative estimate of drug-likeness (QED) is 0.775. The van der Waals surface area contributed by atoms with E-state index in [1.165, 1.54) is 0 Å². The van der Waals surface area contributed by atoms with Crippen LogP contribution < -0.4 is 5.32 Å². The summed E-state index contributed by atoms with van der Waals surface area (Å²) in [5, 5.41) is 19.9. The Balaban J connectivity index is 1.64. The smallest absolute Gasteiger partial charge is 0.182 e. The number of aryl methyl sites for hydroxylation is 2. The Morgan fingerprint density at radius 1 is 1.29 bits per heavy atom. The Morgan fingerprint density at radius 3 is 2.83 bits per heavy atom. The number of nitrogens with zero attached hydrogens (tertiary/aromatic N) is 7. The van der Waals surface area contributed by atoms with Crippen LogP contribution in [-0.2, 0) is 7.05 Å². The van der Waals surface area contributed by atoms with Crippen LogP contribution in [0.4, 0.5) is 5.69 Å². The van der Waals surface area contributed by atoms with E-state index in [9.17, 15) is 0 Å². The first-order valence-corrected chi connectivity index (χ1v) is 8.13. The first-order chi connectivity index (χ1) is 11.6. The summed E-state index contributed by atoms with van der Waals surface area (Å²) in [6.45, 7) is 4.15. The van der Waals surface area contributed by atoms with E-state index in [-0.39, 0.29) is 6.04 Å². The molecule has 0 bridgehead atoms. The molecule has 1 fully saturated rings. The fourth-order valence-corrected chi connectivity index (χ4v) is 2.90. The molecular weight excluding hydrogens is 304 g/mol. The molecular formula is C16H20N8. The van der Waals surface area contributed by atoms with Crippen LogP contribution in [0.25, 0.3) is 11.4 Å². The van der Waals surface area contributed by atoms with Crippen molar-refractivity contribution in [3.63, 3.8) is 0 Å². The van der Waals surface area contributed by atoms with Crippen LogP contribution in [0.5, 0.6) is 0 Å². The molecule has 1 aliphatic carbocycles. The highest BCUT2D eigenvalue weighted by Gasteiger charge is 2.28. The molecule has 1 aliphatic rings. The molecule has 4 rings (SSSR count). The van der Waals surface area contributed by atoms with Crippen LogP contribution in [-0.4, -0.2) is 35.0 Å². The largest absolute Gasteiger partial charge is 0.375 e. The highest BCUT2D eigenvalue weighted by molar-refractivity contribution is 5.66. The van der Waals surface area contributed by atoms with E-state index in [0.717, 1.165) is 41.3 Å². The van der Waals surface area contributed by atoms with Crippen molar-refractivity contribution in [2.24, 2.45) is 7.05 Å². The van der Waals surface area contributed by atoms with Gasteiger partial charge in [-0.3, -0.25) is 4.68 Å². The van der Waals surface area contributed by atoms with Gasteiger partial charge >= 0.3 is 0 Å². The van der Waals surface area contributed by atoms with Crippen molar-refractivity contribution in [1.29, 1.82) is 0 Å². The molecule has 1 unspecified atom stereocenters. The van der Waals surface area contributed by atoms with Crippen molar-refractivity contribution in [1.82, 2.24) is 35.0 Å². The third kappa shape index (κ3) is 2.64. The van der Waals surface area contributed by atoms with E-state index in [1.807, 2.05) is 11.7 Å². The lowest BCUT2D eigenvalue weighted by Gasteiger charge is -2.16. The molecule has 0 amide bonds. The number of rotatable bonds is 5. The molecule has 3 aromatic rings. The average molecular weight is 324 g/mol. The predicted octanol–water partition coefficient (Wildman–Crippen LogP) is 2.29. The molecule has 1 aromatic carbocycles. The third-order valence-corrected chi connectivity index (χ3v) is 4.38. The summed E-state index contributed by atoms with van der Waals surface area (Å²) in [5.41, 5.74) is 3.22. The van der Waals surface area contributed by atoms with Crippen LogP contribution >= 0.6 is 0 Å². The van der Waals surface area contributed by atoms with Gasteiger partial charge in [-0.2, -0.15) is 5.10 Å². The lowest BCUT2D eigenvalue weighted by atomic mass is 10.1. The Morgan fingerprint density at radius 2 is 2.12 bits per heavy atom. The fourth-order valence-electron chi connectivity index (χ4n) is 2.90. The average Bonchev–Trinajstić information content (AvgIpc) is 3.13. The molecule has 0 radical (unpaired) electrons. The van der Waals surface area contributed by atoms with Crippen molar-refractivity contribution in [2.45, 2.75) is 38.8 Å². The van der Waals surface area contributed by atoms with Crippen LogP contribution in [0.15, 0.2) is 24.5 Å². The van der Waals surface area contributed by atoms with Gasteiger partial charge in [0.05, 0.1) is 12.1 Å². The molecule has 2 aromatic heterocycles. The zero-order valence-electron chi connectivity index (χ0n) is 14.0. The number of hydrogen-bond acceptors (Lipinski definition) is 6. The number of anilines is 1. The van der Waals surface area contributed by atoms with Crippen molar-refractivity contribution in [3.05, 3.63) is 35.9 Å². The first-order valence-electron chi connectivity index (χ1n) is 8.13. The molecule has 0 saturated heterocycles. The van der Waals surface area contributed by atoms with Crippen molar-refractivity contribution in [2.75, 3.05) is 5.32 Å². The Kier molecular flexibility index (Phi) is 3.51. The molecule has 0 aliphatic heterocycles. The van der Waals surface area contributed by atoms with E-state index in [1.54, 1.807) is 11.0 Å².